The number of hydrogen-bond acceptors (Lipinski definition) is 4. The van der Waals surface area contributed by atoms with Crippen molar-refractivity contribution in [2.75, 3.05) is 5.73 Å². The number of aromatic nitrogens is 3. The smallest absolute Gasteiger partial charge is 0.145 e. The van der Waals surface area contributed by atoms with E-state index in [1.807, 2.05) is 42.1 Å². The van der Waals surface area contributed by atoms with Gasteiger partial charge in [0.15, 0.2) is 0 Å². The Balaban J connectivity index is 2.30. The van der Waals surface area contributed by atoms with Gasteiger partial charge < -0.3 is 15.4 Å². The van der Waals surface area contributed by atoms with E-state index in [0.29, 0.717) is 5.82 Å². The van der Waals surface area contributed by atoms with Crippen molar-refractivity contribution < 1.29 is 5.11 Å². The third-order valence-corrected chi connectivity index (χ3v) is 3.20. The van der Waals surface area contributed by atoms with Crippen LogP contribution in [0.2, 0.25) is 0 Å². The van der Waals surface area contributed by atoms with Gasteiger partial charge in [-0.25, -0.2) is 9.97 Å². The van der Waals surface area contributed by atoms with E-state index in [1.54, 1.807) is 0 Å². The van der Waals surface area contributed by atoms with Crippen LogP contribution >= 0.6 is 0 Å². The molecule has 0 saturated carbocycles. The van der Waals surface area contributed by atoms with E-state index in [0.717, 1.165) is 27.7 Å². The number of nitrogens with zero attached hydrogens (tertiary/aromatic N) is 3. The molecule has 5 nitrogen and oxygen atoms in total. The van der Waals surface area contributed by atoms with Crippen molar-refractivity contribution in [1.82, 2.24) is 14.5 Å². The summed E-state index contributed by atoms with van der Waals surface area (Å²) >= 11 is 0. The first-order valence-corrected chi connectivity index (χ1v) is 5.96. The van der Waals surface area contributed by atoms with Crippen molar-refractivity contribution in [2.24, 2.45) is 7.05 Å². The molecule has 0 saturated heterocycles. The van der Waals surface area contributed by atoms with Gasteiger partial charge in [0.25, 0.3) is 0 Å². The fourth-order valence-corrected chi connectivity index (χ4v) is 2.29. The predicted molar refractivity (Wildman–Crippen MR) is 74.3 cm³/mol. The fraction of sp³-hybridized carbons (Fsp3) is 0.143. The predicted octanol–water partition coefficient (Wildman–Crippen LogP) is 1.71. The summed E-state index contributed by atoms with van der Waals surface area (Å²) in [7, 11) is 1.92. The standard InChI is InChI=1S/C14H14N4O/c1-18-6-11(10-4-2-3-9(5-10)7-19)12-13(15)16-8-17-14(12)18/h2-6,8,19H,7H2,1H3,(H2,15,16,17). The number of fused-ring (bicyclic) bond motifs is 1. The van der Waals surface area contributed by atoms with E-state index in [1.165, 1.54) is 6.33 Å². The Morgan fingerprint density at radius 2 is 2.16 bits per heavy atom. The Labute approximate surface area is 110 Å². The summed E-state index contributed by atoms with van der Waals surface area (Å²) in [5.41, 5.74) is 9.61. The number of aliphatic hydroxyl groups excluding tert-OH is 1. The van der Waals surface area contributed by atoms with Crippen molar-refractivity contribution in [3.63, 3.8) is 0 Å². The Bertz CT molecular complexity index is 748. The normalized spacial score (nSPS) is 11.1. The molecule has 0 aliphatic carbocycles. The minimum Gasteiger partial charge on any atom is -0.392 e. The second-order valence-corrected chi connectivity index (χ2v) is 4.47. The van der Waals surface area contributed by atoms with Crippen LogP contribution in [0.5, 0.6) is 0 Å². The largest absolute Gasteiger partial charge is 0.392 e. The molecule has 1 aromatic carbocycles. The van der Waals surface area contributed by atoms with Crippen LogP contribution in [0.25, 0.3) is 22.2 Å². The van der Waals surface area contributed by atoms with Gasteiger partial charge in [-0.05, 0) is 17.2 Å². The summed E-state index contributed by atoms with van der Waals surface area (Å²) < 4.78 is 1.92. The van der Waals surface area contributed by atoms with E-state index >= 15 is 0 Å². The van der Waals surface area contributed by atoms with Gasteiger partial charge in [0.2, 0.25) is 0 Å². The summed E-state index contributed by atoms with van der Waals surface area (Å²) in [6.45, 7) is 0.0184. The molecule has 0 spiro atoms. The molecule has 0 fully saturated rings. The van der Waals surface area contributed by atoms with Crippen molar-refractivity contribution in [2.45, 2.75) is 6.61 Å². The van der Waals surface area contributed by atoms with Crippen LogP contribution in [-0.4, -0.2) is 19.6 Å². The highest BCUT2D eigenvalue weighted by Gasteiger charge is 2.13. The van der Waals surface area contributed by atoms with Crippen molar-refractivity contribution in [1.29, 1.82) is 0 Å². The van der Waals surface area contributed by atoms with E-state index < -0.39 is 0 Å². The molecule has 0 aliphatic heterocycles. The molecule has 0 amide bonds. The molecule has 2 aromatic heterocycles. The summed E-state index contributed by atoms with van der Waals surface area (Å²) in [5, 5.41) is 10.1. The van der Waals surface area contributed by atoms with Gasteiger partial charge in [0.05, 0.1) is 12.0 Å². The molecule has 0 aliphatic rings. The molecular formula is C14H14N4O. The van der Waals surface area contributed by atoms with Gasteiger partial charge in [-0.2, -0.15) is 0 Å². The highest BCUT2D eigenvalue weighted by atomic mass is 16.3. The van der Waals surface area contributed by atoms with E-state index in [-0.39, 0.29) is 6.61 Å². The molecule has 0 radical (unpaired) electrons. The summed E-state index contributed by atoms with van der Waals surface area (Å²) in [5.74, 6) is 0.468. The number of anilines is 1. The van der Waals surface area contributed by atoms with Crippen LogP contribution in [0.1, 0.15) is 5.56 Å². The van der Waals surface area contributed by atoms with Crippen LogP contribution in [0.15, 0.2) is 36.8 Å². The van der Waals surface area contributed by atoms with Gasteiger partial charge in [0.1, 0.15) is 17.8 Å². The van der Waals surface area contributed by atoms with Crippen molar-refractivity contribution in [3.05, 3.63) is 42.4 Å². The zero-order valence-corrected chi connectivity index (χ0v) is 10.5. The van der Waals surface area contributed by atoms with Crippen LogP contribution in [0, 0.1) is 0 Å². The number of hydrogen-bond donors (Lipinski definition) is 2. The lowest BCUT2D eigenvalue weighted by atomic mass is 10.0. The van der Waals surface area contributed by atoms with Crippen molar-refractivity contribution in [3.8, 4) is 11.1 Å². The van der Waals surface area contributed by atoms with E-state index in [4.69, 9.17) is 5.73 Å². The zero-order valence-electron chi connectivity index (χ0n) is 10.5. The molecule has 19 heavy (non-hydrogen) atoms. The molecule has 3 aromatic rings. The maximum atomic E-state index is 9.23. The number of rotatable bonds is 2. The lowest BCUT2D eigenvalue weighted by Gasteiger charge is -2.03. The topological polar surface area (TPSA) is 77.0 Å². The van der Waals surface area contributed by atoms with Crippen LogP contribution in [0.3, 0.4) is 0 Å². The molecule has 0 unspecified atom stereocenters. The van der Waals surface area contributed by atoms with Gasteiger partial charge in [-0.3, -0.25) is 0 Å². The Morgan fingerprint density at radius 3 is 2.95 bits per heavy atom. The second-order valence-electron chi connectivity index (χ2n) is 4.47. The van der Waals surface area contributed by atoms with E-state index in [9.17, 15) is 5.11 Å². The van der Waals surface area contributed by atoms with Crippen LogP contribution in [0.4, 0.5) is 5.82 Å². The average molecular weight is 254 g/mol. The fourth-order valence-electron chi connectivity index (χ4n) is 2.29. The quantitative estimate of drug-likeness (QED) is 0.730. The number of nitrogen functional groups attached to an aromatic ring is 1. The Kier molecular flexibility index (Phi) is 2.68. The second kappa shape index (κ2) is 4.37. The number of nitrogens with two attached hydrogens (primary N) is 1. The zero-order chi connectivity index (χ0) is 13.4. The minimum absolute atomic E-state index is 0.0184. The summed E-state index contributed by atoms with van der Waals surface area (Å²) in [4.78, 5) is 8.31. The Hall–Kier alpha value is -2.40. The first-order chi connectivity index (χ1) is 9.20. The lowest BCUT2D eigenvalue weighted by Crippen LogP contribution is -1.94. The van der Waals surface area contributed by atoms with Gasteiger partial charge in [-0.1, -0.05) is 18.2 Å². The average Bonchev–Trinajstić information content (AvgIpc) is 2.78. The summed E-state index contributed by atoms with van der Waals surface area (Å²) in [6.07, 6.45) is 3.44. The van der Waals surface area contributed by atoms with Gasteiger partial charge in [-0.15, -0.1) is 0 Å². The SMILES string of the molecule is Cn1cc(-c2cccc(CO)c2)c2c(N)ncnc21. The van der Waals surface area contributed by atoms with Gasteiger partial charge in [0, 0.05) is 18.8 Å². The van der Waals surface area contributed by atoms with Crippen LogP contribution in [-0.2, 0) is 13.7 Å². The molecule has 5 heteroatoms. The maximum absolute atomic E-state index is 9.23. The monoisotopic (exact) mass is 254 g/mol. The molecule has 0 atom stereocenters. The lowest BCUT2D eigenvalue weighted by molar-refractivity contribution is 0.282. The third-order valence-electron chi connectivity index (χ3n) is 3.20. The number of aryl methyl sites for hydroxylation is 1. The highest BCUT2D eigenvalue weighted by molar-refractivity contribution is 6.00. The molecule has 3 N–H and O–H groups in total. The molecule has 2 heterocycles. The number of aliphatic hydroxyl groups is 1. The Morgan fingerprint density at radius 1 is 1.32 bits per heavy atom. The minimum atomic E-state index is 0.0184. The first-order valence-electron chi connectivity index (χ1n) is 5.96. The van der Waals surface area contributed by atoms with Crippen molar-refractivity contribution >= 4 is 16.9 Å². The molecule has 0 bridgehead atoms. The molecule has 3 rings (SSSR count). The summed E-state index contributed by atoms with van der Waals surface area (Å²) in [6, 6.07) is 7.73. The maximum Gasteiger partial charge on any atom is 0.145 e. The van der Waals surface area contributed by atoms with Crippen LogP contribution < -0.4 is 5.73 Å². The van der Waals surface area contributed by atoms with E-state index in [2.05, 4.69) is 9.97 Å². The highest BCUT2D eigenvalue weighted by Crippen LogP contribution is 2.32. The first kappa shape index (κ1) is 11.7. The van der Waals surface area contributed by atoms with Gasteiger partial charge >= 0.3 is 0 Å². The molecular weight excluding hydrogens is 240 g/mol. The molecule has 96 valence electrons. The number of benzene rings is 1. The third kappa shape index (κ3) is 1.84.